The zero-order valence-corrected chi connectivity index (χ0v) is 18.4. The molecule has 0 spiro atoms. The van der Waals surface area contributed by atoms with Gasteiger partial charge in [-0.15, -0.1) is 0 Å². The Morgan fingerprint density at radius 3 is 2.42 bits per heavy atom. The van der Waals surface area contributed by atoms with Crippen molar-refractivity contribution in [2.45, 2.75) is 6.92 Å². The number of benzene rings is 3. The SMILES string of the molecule is COc1ccccc1OCC(=O)NN=Cc1cn(-c2ccccc2)nc1-c1ccc(C)cc1. The van der Waals surface area contributed by atoms with Crippen LogP contribution in [0.1, 0.15) is 11.1 Å². The van der Waals surface area contributed by atoms with Crippen LogP contribution < -0.4 is 14.9 Å². The van der Waals surface area contributed by atoms with Crippen LogP contribution in [0.5, 0.6) is 11.5 Å². The maximum absolute atomic E-state index is 12.2. The Labute approximate surface area is 192 Å². The van der Waals surface area contributed by atoms with Crippen LogP contribution in [0.4, 0.5) is 0 Å². The van der Waals surface area contributed by atoms with Gasteiger partial charge in [-0.2, -0.15) is 10.2 Å². The van der Waals surface area contributed by atoms with Gasteiger partial charge in [0, 0.05) is 17.3 Å². The van der Waals surface area contributed by atoms with Gasteiger partial charge in [0.1, 0.15) is 5.69 Å². The summed E-state index contributed by atoms with van der Waals surface area (Å²) in [5.41, 5.74) is 7.10. The summed E-state index contributed by atoms with van der Waals surface area (Å²) in [5.74, 6) is 0.666. The lowest BCUT2D eigenvalue weighted by atomic mass is 10.1. The van der Waals surface area contributed by atoms with Crippen molar-refractivity contribution in [1.82, 2.24) is 15.2 Å². The van der Waals surface area contributed by atoms with Gasteiger partial charge in [0.05, 0.1) is 19.0 Å². The molecule has 0 aliphatic heterocycles. The second kappa shape index (κ2) is 10.3. The van der Waals surface area contributed by atoms with Crippen molar-refractivity contribution in [3.63, 3.8) is 0 Å². The quantitative estimate of drug-likeness (QED) is 0.326. The van der Waals surface area contributed by atoms with Crippen molar-refractivity contribution >= 4 is 12.1 Å². The van der Waals surface area contributed by atoms with Gasteiger partial charge in [-0.1, -0.05) is 60.2 Å². The fourth-order valence-electron chi connectivity index (χ4n) is 3.22. The predicted octanol–water partition coefficient (Wildman–Crippen LogP) is 4.39. The molecule has 0 atom stereocenters. The van der Waals surface area contributed by atoms with Gasteiger partial charge < -0.3 is 9.47 Å². The molecule has 3 aromatic carbocycles. The second-order valence-corrected chi connectivity index (χ2v) is 7.31. The van der Waals surface area contributed by atoms with Crippen LogP contribution >= 0.6 is 0 Å². The number of nitrogens with zero attached hydrogens (tertiary/aromatic N) is 3. The molecule has 0 fully saturated rings. The van der Waals surface area contributed by atoms with Crippen LogP contribution in [-0.2, 0) is 4.79 Å². The number of hydrogen-bond donors (Lipinski definition) is 1. The molecule has 7 nitrogen and oxygen atoms in total. The molecule has 0 aliphatic rings. The highest BCUT2D eigenvalue weighted by molar-refractivity contribution is 5.89. The number of hydrogen-bond acceptors (Lipinski definition) is 5. The summed E-state index contributed by atoms with van der Waals surface area (Å²) in [6.45, 7) is 1.85. The number of rotatable bonds is 8. The van der Waals surface area contributed by atoms with E-state index in [0.29, 0.717) is 11.5 Å². The minimum Gasteiger partial charge on any atom is -0.493 e. The Morgan fingerprint density at radius 2 is 1.70 bits per heavy atom. The van der Waals surface area contributed by atoms with Crippen molar-refractivity contribution in [2.24, 2.45) is 5.10 Å². The van der Waals surface area contributed by atoms with Crippen LogP contribution in [-0.4, -0.2) is 35.6 Å². The monoisotopic (exact) mass is 440 g/mol. The van der Waals surface area contributed by atoms with E-state index in [-0.39, 0.29) is 12.5 Å². The summed E-state index contributed by atoms with van der Waals surface area (Å²) < 4.78 is 12.5. The first kappa shape index (κ1) is 21.8. The fraction of sp³-hybridized carbons (Fsp3) is 0.115. The number of methoxy groups -OCH3 is 1. The van der Waals surface area contributed by atoms with Crippen LogP contribution in [0, 0.1) is 6.92 Å². The average molecular weight is 441 g/mol. The van der Waals surface area contributed by atoms with Crippen molar-refractivity contribution < 1.29 is 14.3 Å². The summed E-state index contributed by atoms with van der Waals surface area (Å²) in [7, 11) is 1.55. The Bertz CT molecular complexity index is 1250. The Kier molecular flexibility index (Phi) is 6.80. The number of para-hydroxylation sites is 3. The molecular weight excluding hydrogens is 416 g/mol. The van der Waals surface area contributed by atoms with Gasteiger partial charge in [0.2, 0.25) is 0 Å². The molecule has 4 aromatic rings. The summed E-state index contributed by atoms with van der Waals surface area (Å²) in [6, 6.07) is 25.1. The van der Waals surface area contributed by atoms with E-state index >= 15 is 0 Å². The third-order valence-electron chi connectivity index (χ3n) is 4.91. The normalized spacial score (nSPS) is 10.8. The molecular formula is C26H24N4O3. The zero-order valence-electron chi connectivity index (χ0n) is 18.4. The molecule has 1 aromatic heterocycles. The van der Waals surface area contributed by atoms with Gasteiger partial charge in [-0.05, 0) is 31.2 Å². The smallest absolute Gasteiger partial charge is 0.277 e. The van der Waals surface area contributed by atoms with Crippen LogP contribution in [0.2, 0.25) is 0 Å². The highest BCUT2D eigenvalue weighted by Gasteiger charge is 2.11. The van der Waals surface area contributed by atoms with Crippen molar-refractivity contribution in [3.05, 3.63) is 96.2 Å². The van der Waals surface area contributed by atoms with Gasteiger partial charge in [0.15, 0.2) is 18.1 Å². The van der Waals surface area contributed by atoms with Gasteiger partial charge in [-0.3, -0.25) is 4.79 Å². The minimum absolute atomic E-state index is 0.189. The van der Waals surface area contributed by atoms with E-state index in [9.17, 15) is 4.79 Å². The number of amides is 1. The Balaban J connectivity index is 1.49. The summed E-state index contributed by atoms with van der Waals surface area (Å²) >= 11 is 0. The van der Waals surface area contributed by atoms with Crippen molar-refractivity contribution in [3.8, 4) is 28.4 Å². The van der Waals surface area contributed by atoms with Crippen LogP contribution in [0.3, 0.4) is 0 Å². The molecule has 1 N–H and O–H groups in total. The number of hydrazone groups is 1. The zero-order chi connectivity index (χ0) is 23.0. The maximum atomic E-state index is 12.2. The van der Waals surface area contributed by atoms with E-state index in [2.05, 4.69) is 10.5 Å². The second-order valence-electron chi connectivity index (χ2n) is 7.31. The topological polar surface area (TPSA) is 77.7 Å². The molecule has 0 aliphatic carbocycles. The summed E-state index contributed by atoms with van der Waals surface area (Å²) in [5, 5.41) is 8.87. The molecule has 0 bridgehead atoms. The molecule has 4 rings (SSSR count). The van der Waals surface area contributed by atoms with E-state index in [1.54, 1.807) is 30.1 Å². The number of carbonyl (C=O) groups is 1. The lowest BCUT2D eigenvalue weighted by Gasteiger charge is -2.09. The molecule has 0 unspecified atom stereocenters. The molecule has 7 heteroatoms. The fourth-order valence-corrected chi connectivity index (χ4v) is 3.22. The number of aromatic nitrogens is 2. The van der Waals surface area contributed by atoms with Gasteiger partial charge >= 0.3 is 0 Å². The first-order chi connectivity index (χ1) is 16.1. The molecule has 1 amide bonds. The van der Waals surface area contributed by atoms with E-state index < -0.39 is 0 Å². The van der Waals surface area contributed by atoms with E-state index in [1.807, 2.05) is 79.9 Å². The number of nitrogens with one attached hydrogen (secondary N) is 1. The molecule has 166 valence electrons. The standard InChI is InChI=1S/C26H24N4O3/c1-19-12-14-20(15-13-19)26-21(17-30(29-26)22-8-4-3-5-9-22)16-27-28-25(31)18-33-24-11-7-6-10-23(24)32-2/h3-17H,18H2,1-2H3,(H,28,31). The Hall–Kier alpha value is -4.39. The average Bonchev–Trinajstić information content (AvgIpc) is 3.28. The van der Waals surface area contributed by atoms with Gasteiger partial charge in [0.25, 0.3) is 5.91 Å². The molecule has 33 heavy (non-hydrogen) atoms. The third kappa shape index (κ3) is 5.46. The lowest BCUT2D eigenvalue weighted by molar-refractivity contribution is -0.123. The van der Waals surface area contributed by atoms with E-state index in [1.165, 1.54) is 5.56 Å². The number of ether oxygens (including phenoxy) is 2. The lowest BCUT2D eigenvalue weighted by Crippen LogP contribution is -2.24. The van der Waals surface area contributed by atoms with Crippen molar-refractivity contribution in [1.29, 1.82) is 0 Å². The maximum Gasteiger partial charge on any atom is 0.277 e. The summed E-state index contributed by atoms with van der Waals surface area (Å²) in [4.78, 5) is 12.2. The molecule has 0 saturated heterocycles. The molecule has 1 heterocycles. The highest BCUT2D eigenvalue weighted by atomic mass is 16.5. The van der Waals surface area contributed by atoms with Crippen LogP contribution in [0.15, 0.2) is 90.2 Å². The minimum atomic E-state index is -0.385. The first-order valence-corrected chi connectivity index (χ1v) is 10.4. The molecule has 0 radical (unpaired) electrons. The highest BCUT2D eigenvalue weighted by Crippen LogP contribution is 2.25. The number of aryl methyl sites for hydroxylation is 1. The Morgan fingerprint density at radius 1 is 1.00 bits per heavy atom. The van der Waals surface area contributed by atoms with Gasteiger partial charge in [-0.25, -0.2) is 10.1 Å². The third-order valence-corrected chi connectivity index (χ3v) is 4.91. The largest absolute Gasteiger partial charge is 0.493 e. The van der Waals surface area contributed by atoms with Crippen molar-refractivity contribution in [2.75, 3.05) is 13.7 Å². The van der Waals surface area contributed by atoms with Crippen LogP contribution in [0.25, 0.3) is 16.9 Å². The molecule has 0 saturated carbocycles. The van der Waals surface area contributed by atoms with E-state index in [0.717, 1.165) is 22.5 Å². The summed E-state index contributed by atoms with van der Waals surface area (Å²) in [6.07, 6.45) is 3.47. The number of carbonyl (C=O) groups excluding carboxylic acids is 1. The predicted molar refractivity (Wildman–Crippen MR) is 128 cm³/mol. The van der Waals surface area contributed by atoms with E-state index in [4.69, 9.17) is 14.6 Å². The first-order valence-electron chi connectivity index (χ1n) is 10.4.